The average molecular weight is 184 g/mol. The molecule has 3 unspecified atom stereocenters. The Hall–Kier alpha value is -0.570. The molecule has 0 aliphatic heterocycles. The molecule has 3 heteroatoms. The molecule has 0 heterocycles. The fourth-order valence-electron chi connectivity index (χ4n) is 2.59. The van der Waals surface area contributed by atoms with Gasteiger partial charge in [-0.25, -0.2) is 0 Å². The third kappa shape index (κ3) is 2.02. The molecule has 0 saturated heterocycles. The van der Waals surface area contributed by atoms with Crippen molar-refractivity contribution in [1.29, 1.82) is 0 Å². The van der Waals surface area contributed by atoms with Crippen molar-refractivity contribution in [1.82, 2.24) is 0 Å². The highest BCUT2D eigenvalue weighted by molar-refractivity contribution is 5.65. The van der Waals surface area contributed by atoms with Gasteiger partial charge in [-0.05, 0) is 37.5 Å². The molecule has 2 fully saturated rings. The van der Waals surface area contributed by atoms with Crippen molar-refractivity contribution in [2.24, 2.45) is 11.8 Å². The van der Waals surface area contributed by atoms with Gasteiger partial charge in [-0.3, -0.25) is 4.79 Å². The minimum atomic E-state index is -0.261. The standard InChI is InChI=1S/C10H16O3/c1-7(11)12-6-13-10-5-8-2-3-9(10)4-8/h8-10H,2-6H2,1H3. The van der Waals surface area contributed by atoms with Crippen LogP contribution in [0.5, 0.6) is 0 Å². The zero-order valence-corrected chi connectivity index (χ0v) is 7.99. The monoisotopic (exact) mass is 184 g/mol. The van der Waals surface area contributed by atoms with Crippen LogP contribution >= 0.6 is 0 Å². The van der Waals surface area contributed by atoms with Crippen molar-refractivity contribution in [3.63, 3.8) is 0 Å². The first-order chi connectivity index (χ1) is 6.25. The number of esters is 1. The van der Waals surface area contributed by atoms with Crippen molar-refractivity contribution in [2.75, 3.05) is 6.79 Å². The van der Waals surface area contributed by atoms with E-state index in [9.17, 15) is 4.79 Å². The van der Waals surface area contributed by atoms with E-state index in [0.29, 0.717) is 6.10 Å². The van der Waals surface area contributed by atoms with Crippen LogP contribution in [0.3, 0.4) is 0 Å². The van der Waals surface area contributed by atoms with Crippen molar-refractivity contribution in [3.8, 4) is 0 Å². The van der Waals surface area contributed by atoms with Gasteiger partial charge >= 0.3 is 5.97 Å². The summed E-state index contributed by atoms with van der Waals surface area (Å²) in [5.74, 6) is 1.36. The van der Waals surface area contributed by atoms with Gasteiger partial charge in [0.15, 0.2) is 6.79 Å². The Balaban J connectivity index is 1.68. The van der Waals surface area contributed by atoms with Gasteiger partial charge in [0.1, 0.15) is 0 Å². The van der Waals surface area contributed by atoms with E-state index in [4.69, 9.17) is 9.47 Å². The molecule has 2 aliphatic rings. The van der Waals surface area contributed by atoms with Gasteiger partial charge in [-0.2, -0.15) is 0 Å². The smallest absolute Gasteiger partial charge is 0.304 e. The van der Waals surface area contributed by atoms with Crippen molar-refractivity contribution >= 4 is 5.97 Å². The second-order valence-corrected chi connectivity index (χ2v) is 4.13. The maximum atomic E-state index is 10.5. The maximum Gasteiger partial charge on any atom is 0.304 e. The molecule has 0 aromatic carbocycles. The topological polar surface area (TPSA) is 35.5 Å². The lowest BCUT2D eigenvalue weighted by molar-refractivity contribution is -0.160. The summed E-state index contributed by atoms with van der Waals surface area (Å²) in [6.45, 7) is 1.55. The highest BCUT2D eigenvalue weighted by Crippen LogP contribution is 2.45. The molecule has 2 bridgehead atoms. The van der Waals surface area contributed by atoms with E-state index in [1.807, 2.05) is 0 Å². The van der Waals surface area contributed by atoms with Crippen LogP contribution in [0.4, 0.5) is 0 Å². The number of carbonyl (C=O) groups excluding carboxylic acids is 1. The van der Waals surface area contributed by atoms with Crippen LogP contribution in [0, 0.1) is 11.8 Å². The van der Waals surface area contributed by atoms with Gasteiger partial charge in [0.25, 0.3) is 0 Å². The first-order valence-corrected chi connectivity index (χ1v) is 5.00. The third-order valence-corrected chi connectivity index (χ3v) is 3.22. The van der Waals surface area contributed by atoms with Crippen LogP contribution in [-0.2, 0) is 14.3 Å². The van der Waals surface area contributed by atoms with Crippen molar-refractivity contribution < 1.29 is 14.3 Å². The lowest BCUT2D eigenvalue weighted by Gasteiger charge is -2.21. The highest BCUT2D eigenvalue weighted by atomic mass is 16.7. The molecule has 3 atom stereocenters. The third-order valence-electron chi connectivity index (χ3n) is 3.22. The highest BCUT2D eigenvalue weighted by Gasteiger charge is 2.40. The summed E-state index contributed by atoms with van der Waals surface area (Å²) >= 11 is 0. The van der Waals surface area contributed by atoms with Crippen LogP contribution in [0.1, 0.15) is 32.6 Å². The largest absolute Gasteiger partial charge is 0.439 e. The molecule has 0 radical (unpaired) electrons. The summed E-state index contributed by atoms with van der Waals surface area (Å²) in [6, 6.07) is 0. The zero-order chi connectivity index (χ0) is 9.26. The number of hydrogen-bond donors (Lipinski definition) is 0. The summed E-state index contributed by atoms with van der Waals surface area (Å²) in [6.07, 6.45) is 5.53. The predicted octanol–water partition coefficient (Wildman–Crippen LogP) is 1.71. The Kier molecular flexibility index (Phi) is 2.54. The van der Waals surface area contributed by atoms with E-state index in [2.05, 4.69) is 0 Å². The molecule has 0 N–H and O–H groups in total. The molecule has 2 aliphatic carbocycles. The van der Waals surface area contributed by atoms with Gasteiger partial charge in [0, 0.05) is 6.92 Å². The Labute approximate surface area is 78.4 Å². The van der Waals surface area contributed by atoms with E-state index >= 15 is 0 Å². The number of hydrogen-bond acceptors (Lipinski definition) is 3. The SMILES string of the molecule is CC(=O)OCOC1CC2CCC1C2. The number of ether oxygens (including phenoxy) is 2. The fourth-order valence-corrected chi connectivity index (χ4v) is 2.59. The Morgan fingerprint density at radius 1 is 1.38 bits per heavy atom. The Bertz CT molecular complexity index is 202. The minimum Gasteiger partial charge on any atom is -0.439 e. The van der Waals surface area contributed by atoms with Crippen molar-refractivity contribution in [2.45, 2.75) is 38.7 Å². The van der Waals surface area contributed by atoms with Gasteiger partial charge in [0.2, 0.25) is 0 Å². The fraction of sp³-hybridized carbons (Fsp3) is 0.900. The summed E-state index contributed by atoms with van der Waals surface area (Å²) < 4.78 is 10.3. The Morgan fingerprint density at radius 3 is 2.77 bits per heavy atom. The molecule has 2 saturated carbocycles. The van der Waals surface area contributed by atoms with E-state index in [-0.39, 0.29) is 12.8 Å². The van der Waals surface area contributed by atoms with E-state index in [1.54, 1.807) is 0 Å². The number of rotatable bonds is 3. The molecule has 0 aromatic rings. The summed E-state index contributed by atoms with van der Waals surface area (Å²) in [5.41, 5.74) is 0. The minimum absolute atomic E-state index is 0.142. The molecule has 3 nitrogen and oxygen atoms in total. The molecule has 0 amide bonds. The number of carbonyl (C=O) groups is 1. The molecule has 13 heavy (non-hydrogen) atoms. The van der Waals surface area contributed by atoms with Gasteiger partial charge in [-0.1, -0.05) is 0 Å². The summed E-state index contributed by atoms with van der Waals surface area (Å²) in [7, 11) is 0. The second-order valence-electron chi connectivity index (χ2n) is 4.13. The van der Waals surface area contributed by atoms with Gasteiger partial charge in [-0.15, -0.1) is 0 Å². The van der Waals surface area contributed by atoms with E-state index in [0.717, 1.165) is 11.8 Å². The molecule has 0 spiro atoms. The lowest BCUT2D eigenvalue weighted by atomic mass is 9.98. The quantitative estimate of drug-likeness (QED) is 0.495. The second kappa shape index (κ2) is 3.66. The average Bonchev–Trinajstić information content (AvgIpc) is 2.64. The predicted molar refractivity (Wildman–Crippen MR) is 47.0 cm³/mol. The molecule has 74 valence electrons. The van der Waals surface area contributed by atoms with Gasteiger partial charge in [0.05, 0.1) is 6.10 Å². The van der Waals surface area contributed by atoms with Gasteiger partial charge < -0.3 is 9.47 Å². The van der Waals surface area contributed by atoms with Crippen LogP contribution in [0.15, 0.2) is 0 Å². The Morgan fingerprint density at radius 2 is 2.23 bits per heavy atom. The first-order valence-electron chi connectivity index (χ1n) is 5.00. The van der Waals surface area contributed by atoms with E-state index in [1.165, 1.54) is 32.6 Å². The van der Waals surface area contributed by atoms with Crippen LogP contribution < -0.4 is 0 Å². The zero-order valence-electron chi connectivity index (χ0n) is 7.99. The molecular weight excluding hydrogens is 168 g/mol. The first kappa shape index (κ1) is 9.00. The summed E-state index contributed by atoms with van der Waals surface area (Å²) in [5, 5.41) is 0. The maximum absolute atomic E-state index is 10.5. The summed E-state index contributed by atoms with van der Waals surface area (Å²) in [4.78, 5) is 10.5. The molecule has 0 aromatic heterocycles. The van der Waals surface area contributed by atoms with Crippen LogP contribution in [0.25, 0.3) is 0 Å². The molecular formula is C10H16O3. The molecule has 2 rings (SSSR count). The lowest BCUT2D eigenvalue weighted by Crippen LogP contribution is -2.22. The van der Waals surface area contributed by atoms with Crippen molar-refractivity contribution in [3.05, 3.63) is 0 Å². The van der Waals surface area contributed by atoms with E-state index < -0.39 is 0 Å². The van der Waals surface area contributed by atoms with Crippen LogP contribution in [-0.4, -0.2) is 18.9 Å². The number of fused-ring (bicyclic) bond motifs is 2. The normalized spacial score (nSPS) is 36.5. The van der Waals surface area contributed by atoms with Crippen LogP contribution in [0.2, 0.25) is 0 Å².